The number of esters is 1. The van der Waals surface area contributed by atoms with Gasteiger partial charge >= 0.3 is 11.9 Å². The normalized spacial score (nSPS) is 8.40. The van der Waals surface area contributed by atoms with Crippen LogP contribution in [0.4, 0.5) is 0 Å². The highest BCUT2D eigenvalue weighted by atomic mass is 16.5. The van der Waals surface area contributed by atoms with E-state index in [1.807, 2.05) is 0 Å². The lowest BCUT2D eigenvalue weighted by molar-refractivity contribution is -0.151. The Kier molecular flexibility index (Phi) is 13.6. The monoisotopic (exact) mass is 216 g/mol. The third kappa shape index (κ3) is 19.2. The summed E-state index contributed by atoms with van der Waals surface area (Å²) < 4.78 is 4.50. The van der Waals surface area contributed by atoms with E-state index in [4.69, 9.17) is 5.11 Å². The van der Waals surface area contributed by atoms with Crippen LogP contribution in [0.15, 0.2) is 12.7 Å². The first kappa shape index (κ1) is 16.1. The zero-order valence-corrected chi connectivity index (χ0v) is 9.49. The van der Waals surface area contributed by atoms with Gasteiger partial charge in [-0.1, -0.05) is 32.8 Å². The Hall–Kier alpha value is -1.32. The van der Waals surface area contributed by atoms with Crippen molar-refractivity contribution >= 4 is 11.9 Å². The first-order valence-corrected chi connectivity index (χ1v) is 5.06. The van der Waals surface area contributed by atoms with Gasteiger partial charge in [-0.25, -0.2) is 0 Å². The molecule has 0 aromatic carbocycles. The summed E-state index contributed by atoms with van der Waals surface area (Å²) in [6.07, 6.45) is 4.20. The van der Waals surface area contributed by atoms with Crippen LogP contribution in [0, 0.1) is 0 Å². The summed E-state index contributed by atoms with van der Waals surface area (Å²) in [7, 11) is 0. The lowest BCUT2D eigenvalue weighted by Gasteiger charge is -1.98. The molecule has 0 aliphatic carbocycles. The summed E-state index contributed by atoms with van der Waals surface area (Å²) >= 11 is 0. The molecule has 4 nitrogen and oxygen atoms in total. The molecule has 0 amide bonds. The van der Waals surface area contributed by atoms with Crippen LogP contribution in [0.5, 0.6) is 0 Å². The number of carbonyl (C=O) groups is 2. The van der Waals surface area contributed by atoms with Crippen LogP contribution in [0.25, 0.3) is 0 Å². The predicted molar refractivity (Wildman–Crippen MR) is 58.6 cm³/mol. The third-order valence-corrected chi connectivity index (χ3v) is 1.38. The van der Waals surface area contributed by atoms with Gasteiger partial charge in [0.2, 0.25) is 0 Å². The molecule has 4 heteroatoms. The van der Waals surface area contributed by atoms with Crippen molar-refractivity contribution in [2.75, 3.05) is 6.61 Å². The van der Waals surface area contributed by atoms with Gasteiger partial charge in [0.25, 0.3) is 0 Å². The van der Waals surface area contributed by atoms with Crippen LogP contribution in [0.1, 0.15) is 39.5 Å². The van der Waals surface area contributed by atoms with Crippen LogP contribution >= 0.6 is 0 Å². The minimum Gasteiger partial charge on any atom is -0.481 e. The fourth-order valence-electron chi connectivity index (χ4n) is 0.431. The summed E-state index contributed by atoms with van der Waals surface area (Å²) in [5.41, 5.74) is 0. The first-order valence-electron chi connectivity index (χ1n) is 5.06. The van der Waals surface area contributed by atoms with Gasteiger partial charge in [0.15, 0.2) is 0 Å². The number of ether oxygens (including phenoxy) is 1. The van der Waals surface area contributed by atoms with Crippen LogP contribution in [0.2, 0.25) is 0 Å². The van der Waals surface area contributed by atoms with E-state index < -0.39 is 18.4 Å². The second-order valence-electron chi connectivity index (χ2n) is 2.87. The molecule has 15 heavy (non-hydrogen) atoms. The fraction of sp³-hybridized carbons (Fsp3) is 0.636. The van der Waals surface area contributed by atoms with Crippen molar-refractivity contribution in [3.8, 4) is 0 Å². The van der Waals surface area contributed by atoms with E-state index >= 15 is 0 Å². The molecule has 0 saturated carbocycles. The molecule has 88 valence electrons. The van der Waals surface area contributed by atoms with Gasteiger partial charge in [0, 0.05) is 0 Å². The average Bonchev–Trinajstić information content (AvgIpc) is 2.17. The molecule has 0 spiro atoms. The van der Waals surface area contributed by atoms with Crippen molar-refractivity contribution in [2.45, 2.75) is 39.5 Å². The maximum Gasteiger partial charge on any atom is 0.317 e. The van der Waals surface area contributed by atoms with Crippen molar-refractivity contribution in [3.63, 3.8) is 0 Å². The molecular formula is C11H20O4. The topological polar surface area (TPSA) is 63.6 Å². The number of hydrogen-bond acceptors (Lipinski definition) is 3. The summed E-state index contributed by atoms with van der Waals surface area (Å²) in [4.78, 5) is 20.4. The number of rotatable bonds is 6. The second-order valence-corrected chi connectivity index (χ2v) is 2.87. The zero-order valence-electron chi connectivity index (χ0n) is 9.49. The van der Waals surface area contributed by atoms with Crippen molar-refractivity contribution in [2.24, 2.45) is 0 Å². The van der Waals surface area contributed by atoms with Gasteiger partial charge in [0.1, 0.15) is 6.42 Å². The molecule has 0 radical (unpaired) electrons. The van der Waals surface area contributed by atoms with E-state index in [0.717, 1.165) is 0 Å². The van der Waals surface area contributed by atoms with Gasteiger partial charge in [-0.2, -0.15) is 0 Å². The number of carbonyl (C=O) groups excluding carboxylic acids is 1. The van der Waals surface area contributed by atoms with E-state index in [1.54, 1.807) is 6.08 Å². The fourth-order valence-corrected chi connectivity index (χ4v) is 0.431. The van der Waals surface area contributed by atoms with Crippen molar-refractivity contribution in [3.05, 3.63) is 12.7 Å². The quantitative estimate of drug-likeness (QED) is 0.320. The second kappa shape index (κ2) is 12.7. The number of unbranched alkanes of at least 4 members (excludes halogenated alkanes) is 1. The number of carboxylic acid groups (broad SMARTS) is 1. The highest BCUT2D eigenvalue weighted by Crippen LogP contribution is 1.88. The molecule has 0 bridgehead atoms. The standard InChI is InChI=1S/C7H10O4.C4H10/c1-2-3-4-11-7(10)5-6(8)9;1-3-4-2/h2H,1,3-5H2,(H,8,9);3-4H2,1-2H3. The summed E-state index contributed by atoms with van der Waals surface area (Å²) in [5, 5.41) is 8.12. The Bertz CT molecular complexity index is 185. The van der Waals surface area contributed by atoms with Gasteiger partial charge in [-0.05, 0) is 6.42 Å². The highest BCUT2D eigenvalue weighted by molar-refractivity contribution is 5.90. The Morgan fingerprint density at radius 2 is 1.87 bits per heavy atom. The Morgan fingerprint density at radius 1 is 1.33 bits per heavy atom. The van der Waals surface area contributed by atoms with Crippen LogP contribution in [-0.2, 0) is 14.3 Å². The SMILES string of the molecule is C=CCCOC(=O)CC(=O)O.CCCC. The van der Waals surface area contributed by atoms with Gasteiger partial charge in [0.05, 0.1) is 6.61 Å². The molecule has 0 aliphatic heterocycles. The van der Waals surface area contributed by atoms with E-state index in [0.29, 0.717) is 6.42 Å². The number of hydrogen-bond donors (Lipinski definition) is 1. The largest absolute Gasteiger partial charge is 0.481 e. The Labute approximate surface area is 90.9 Å². The molecule has 0 atom stereocenters. The molecule has 0 saturated heterocycles. The Morgan fingerprint density at radius 3 is 2.20 bits per heavy atom. The van der Waals surface area contributed by atoms with Crippen LogP contribution in [0.3, 0.4) is 0 Å². The molecule has 0 aliphatic rings. The first-order chi connectivity index (χ1) is 7.08. The molecule has 0 fully saturated rings. The highest BCUT2D eigenvalue weighted by Gasteiger charge is 2.07. The summed E-state index contributed by atoms with van der Waals surface area (Å²) in [5.74, 6) is -1.88. The maximum atomic E-state index is 10.5. The van der Waals surface area contributed by atoms with E-state index in [1.165, 1.54) is 12.8 Å². The van der Waals surface area contributed by atoms with Gasteiger partial charge in [-0.15, -0.1) is 6.58 Å². The number of aliphatic carboxylic acids is 1. The van der Waals surface area contributed by atoms with Gasteiger partial charge < -0.3 is 9.84 Å². The minimum atomic E-state index is -1.17. The smallest absolute Gasteiger partial charge is 0.317 e. The molecule has 1 N–H and O–H groups in total. The summed E-state index contributed by atoms with van der Waals surface area (Å²) in [6.45, 7) is 7.98. The maximum absolute atomic E-state index is 10.5. The molecule has 0 aromatic heterocycles. The van der Waals surface area contributed by atoms with E-state index in [2.05, 4.69) is 25.2 Å². The van der Waals surface area contributed by atoms with Crippen molar-refractivity contribution < 1.29 is 19.4 Å². The molecule has 0 heterocycles. The average molecular weight is 216 g/mol. The Balaban J connectivity index is 0. The lowest BCUT2D eigenvalue weighted by atomic mass is 10.4. The predicted octanol–water partition coefficient (Wildman–Crippen LogP) is 2.39. The number of carboxylic acids is 1. The third-order valence-electron chi connectivity index (χ3n) is 1.38. The lowest BCUT2D eigenvalue weighted by Crippen LogP contribution is -2.10. The molecule has 0 rings (SSSR count). The van der Waals surface area contributed by atoms with Gasteiger partial charge in [-0.3, -0.25) is 9.59 Å². The van der Waals surface area contributed by atoms with Crippen molar-refractivity contribution in [1.82, 2.24) is 0 Å². The van der Waals surface area contributed by atoms with Crippen LogP contribution in [-0.4, -0.2) is 23.7 Å². The van der Waals surface area contributed by atoms with Crippen LogP contribution < -0.4 is 0 Å². The van der Waals surface area contributed by atoms with Crippen molar-refractivity contribution in [1.29, 1.82) is 0 Å². The molecule has 0 unspecified atom stereocenters. The molecular weight excluding hydrogens is 196 g/mol. The van der Waals surface area contributed by atoms with E-state index in [9.17, 15) is 9.59 Å². The minimum absolute atomic E-state index is 0.204. The zero-order chi connectivity index (χ0) is 12.1. The summed E-state index contributed by atoms with van der Waals surface area (Å²) in [6, 6.07) is 0. The van der Waals surface area contributed by atoms with E-state index in [-0.39, 0.29) is 6.61 Å². The molecule has 0 aromatic rings.